The Balaban J connectivity index is 1.58. The monoisotopic (exact) mass is 495 g/mol. The second kappa shape index (κ2) is 12.2. The van der Waals surface area contributed by atoms with Crippen LogP contribution < -0.4 is 10.2 Å². The molecule has 3 rings (SSSR count). The Morgan fingerprint density at radius 2 is 2.12 bits per heavy atom. The summed E-state index contributed by atoms with van der Waals surface area (Å²) in [6, 6.07) is 7.28. The average Bonchev–Trinajstić information content (AvgIpc) is 2.79. The summed E-state index contributed by atoms with van der Waals surface area (Å²) in [5.41, 5.74) is 0.333. The summed E-state index contributed by atoms with van der Waals surface area (Å²) in [7, 11) is 1.62. The smallest absolute Gasteiger partial charge is 0.254 e. The largest absolute Gasteiger partial charge is 0.385 e. The molecule has 33 heavy (non-hydrogen) atoms. The first-order chi connectivity index (χ1) is 15.9. The molecule has 1 unspecified atom stereocenters. The van der Waals surface area contributed by atoms with Crippen LogP contribution in [0.3, 0.4) is 0 Å². The number of thioether (sulfide) groups is 1. The molecule has 1 fully saturated rings. The fraction of sp³-hybridized carbons (Fsp3) is 0.455. The van der Waals surface area contributed by atoms with Crippen molar-refractivity contribution in [3.05, 3.63) is 46.9 Å². The van der Waals surface area contributed by atoms with Crippen molar-refractivity contribution in [1.29, 1.82) is 0 Å². The van der Waals surface area contributed by atoms with Crippen LogP contribution in [-0.2, 0) is 9.53 Å². The van der Waals surface area contributed by atoms with E-state index >= 15 is 0 Å². The van der Waals surface area contributed by atoms with Crippen molar-refractivity contribution in [3.63, 3.8) is 0 Å². The minimum absolute atomic E-state index is 0.112. The third-order valence-electron chi connectivity index (χ3n) is 5.12. The number of aromatic nitrogens is 2. The van der Waals surface area contributed by atoms with E-state index in [0.29, 0.717) is 49.3 Å². The number of benzene rings is 1. The van der Waals surface area contributed by atoms with Crippen LogP contribution in [0.15, 0.2) is 35.5 Å². The van der Waals surface area contributed by atoms with Crippen molar-refractivity contribution in [2.45, 2.75) is 24.5 Å². The lowest BCUT2D eigenvalue weighted by Crippen LogP contribution is -2.54. The van der Waals surface area contributed by atoms with Gasteiger partial charge in [0.05, 0.1) is 5.75 Å². The van der Waals surface area contributed by atoms with Crippen LogP contribution in [0.2, 0.25) is 5.15 Å². The maximum atomic E-state index is 13.5. The minimum atomic E-state index is -0.434. The number of hydrogen-bond acceptors (Lipinski definition) is 7. The van der Waals surface area contributed by atoms with Gasteiger partial charge < -0.3 is 19.9 Å². The summed E-state index contributed by atoms with van der Waals surface area (Å²) in [6.45, 7) is 4.63. The predicted octanol–water partition coefficient (Wildman–Crippen LogP) is 2.86. The number of anilines is 1. The zero-order valence-electron chi connectivity index (χ0n) is 18.6. The SMILES string of the molecule is COCCCNC(=O)CSc1nc(Cl)cc(N2CCN(C(=O)c3cccc(F)c3)C(C)C2)n1. The minimum Gasteiger partial charge on any atom is -0.385 e. The van der Waals surface area contributed by atoms with Crippen LogP contribution >= 0.6 is 23.4 Å². The summed E-state index contributed by atoms with van der Waals surface area (Å²) < 4.78 is 18.5. The highest BCUT2D eigenvalue weighted by Gasteiger charge is 2.29. The average molecular weight is 496 g/mol. The van der Waals surface area contributed by atoms with Gasteiger partial charge >= 0.3 is 0 Å². The van der Waals surface area contributed by atoms with E-state index in [-0.39, 0.29) is 28.8 Å². The van der Waals surface area contributed by atoms with E-state index in [1.165, 1.54) is 30.0 Å². The molecule has 1 aliphatic rings. The quantitative estimate of drug-likeness (QED) is 0.248. The molecule has 1 N–H and O–H groups in total. The van der Waals surface area contributed by atoms with E-state index in [9.17, 15) is 14.0 Å². The Labute approximate surface area is 201 Å². The molecule has 0 saturated carbocycles. The molecule has 1 aromatic carbocycles. The molecule has 178 valence electrons. The van der Waals surface area contributed by atoms with E-state index in [4.69, 9.17) is 16.3 Å². The number of halogens is 2. The van der Waals surface area contributed by atoms with Gasteiger partial charge in [-0.25, -0.2) is 14.4 Å². The lowest BCUT2D eigenvalue weighted by Gasteiger charge is -2.40. The van der Waals surface area contributed by atoms with Gasteiger partial charge in [0.2, 0.25) is 5.91 Å². The van der Waals surface area contributed by atoms with E-state index in [1.54, 1.807) is 24.1 Å². The summed E-state index contributed by atoms with van der Waals surface area (Å²) in [5.74, 6) is 0.0765. The first-order valence-electron chi connectivity index (χ1n) is 10.6. The van der Waals surface area contributed by atoms with Crippen LogP contribution in [-0.4, -0.2) is 78.4 Å². The van der Waals surface area contributed by atoms with E-state index < -0.39 is 5.82 Å². The van der Waals surface area contributed by atoms with Crippen LogP contribution in [0.25, 0.3) is 0 Å². The van der Waals surface area contributed by atoms with Crippen LogP contribution in [0.4, 0.5) is 10.2 Å². The molecule has 0 aliphatic carbocycles. The second-order valence-corrected chi connectivity index (χ2v) is 8.95. The number of hydrogen-bond donors (Lipinski definition) is 1. The van der Waals surface area contributed by atoms with Gasteiger partial charge in [-0.05, 0) is 31.5 Å². The Kier molecular flexibility index (Phi) is 9.28. The molecule has 2 amide bonds. The maximum absolute atomic E-state index is 13.5. The molecule has 0 spiro atoms. The standard InChI is InChI=1S/C22H27ClFN5O3S/c1-15-13-28(8-9-29(15)21(31)16-5-3-6-17(24)11-16)19-12-18(23)26-22(27-19)33-14-20(30)25-7-4-10-32-2/h3,5-6,11-12,15H,4,7-10,13-14H2,1-2H3,(H,25,30). The topological polar surface area (TPSA) is 87.7 Å². The van der Waals surface area contributed by atoms with Gasteiger partial charge in [0, 0.05) is 57.6 Å². The van der Waals surface area contributed by atoms with Crippen molar-refractivity contribution in [2.24, 2.45) is 0 Å². The van der Waals surface area contributed by atoms with Crippen molar-refractivity contribution < 1.29 is 18.7 Å². The number of ether oxygens (including phenoxy) is 1. The van der Waals surface area contributed by atoms with Crippen LogP contribution in [0, 0.1) is 5.82 Å². The maximum Gasteiger partial charge on any atom is 0.254 e. The lowest BCUT2D eigenvalue weighted by atomic mass is 10.1. The van der Waals surface area contributed by atoms with Crippen molar-refractivity contribution in [2.75, 3.05) is 50.5 Å². The van der Waals surface area contributed by atoms with Gasteiger partial charge in [-0.3, -0.25) is 9.59 Å². The summed E-state index contributed by atoms with van der Waals surface area (Å²) in [6.07, 6.45) is 0.747. The summed E-state index contributed by atoms with van der Waals surface area (Å²) >= 11 is 7.42. The van der Waals surface area contributed by atoms with Crippen molar-refractivity contribution in [1.82, 2.24) is 20.2 Å². The van der Waals surface area contributed by atoms with Gasteiger partial charge in [-0.2, -0.15) is 0 Å². The number of nitrogens with zero attached hydrogens (tertiary/aromatic N) is 4. The first-order valence-corrected chi connectivity index (χ1v) is 12.0. The molecule has 2 aromatic rings. The van der Waals surface area contributed by atoms with Crippen LogP contribution in [0.5, 0.6) is 0 Å². The summed E-state index contributed by atoms with van der Waals surface area (Å²) in [4.78, 5) is 37.3. The molecule has 1 atom stereocenters. The van der Waals surface area contributed by atoms with Crippen LogP contribution in [0.1, 0.15) is 23.7 Å². The molecule has 0 bridgehead atoms. The van der Waals surface area contributed by atoms with E-state index in [1.807, 2.05) is 11.8 Å². The number of carbonyl (C=O) groups is 2. The molecular weight excluding hydrogens is 469 g/mol. The van der Waals surface area contributed by atoms with Gasteiger partial charge in [-0.1, -0.05) is 29.4 Å². The van der Waals surface area contributed by atoms with Crippen molar-refractivity contribution >= 4 is 41.0 Å². The first kappa shape index (κ1) is 25.2. The number of carbonyl (C=O) groups excluding carboxylic acids is 2. The normalized spacial score (nSPS) is 16.1. The highest BCUT2D eigenvalue weighted by atomic mass is 35.5. The molecule has 8 nitrogen and oxygen atoms in total. The third-order valence-corrected chi connectivity index (χ3v) is 6.17. The molecule has 11 heteroatoms. The van der Waals surface area contributed by atoms with Gasteiger partial charge in [0.25, 0.3) is 5.91 Å². The number of methoxy groups -OCH3 is 1. The second-order valence-electron chi connectivity index (χ2n) is 7.62. The summed E-state index contributed by atoms with van der Waals surface area (Å²) in [5, 5.41) is 3.52. The highest BCUT2D eigenvalue weighted by Crippen LogP contribution is 2.24. The molecular formula is C22H27ClFN5O3S. The molecule has 1 aliphatic heterocycles. The fourth-order valence-corrected chi connectivity index (χ4v) is 4.40. The fourth-order valence-electron chi connectivity index (χ4n) is 3.49. The predicted molar refractivity (Wildman–Crippen MR) is 126 cm³/mol. The zero-order valence-corrected chi connectivity index (χ0v) is 20.2. The Morgan fingerprint density at radius 1 is 1.30 bits per heavy atom. The number of piperazine rings is 1. The van der Waals surface area contributed by atoms with Gasteiger partial charge in [-0.15, -0.1) is 0 Å². The molecule has 1 saturated heterocycles. The van der Waals surface area contributed by atoms with Gasteiger partial charge in [0.1, 0.15) is 16.8 Å². The van der Waals surface area contributed by atoms with Gasteiger partial charge in [0.15, 0.2) is 5.16 Å². The highest BCUT2D eigenvalue weighted by molar-refractivity contribution is 7.99. The Bertz CT molecular complexity index is 983. The number of rotatable bonds is 9. The zero-order chi connectivity index (χ0) is 23.8. The molecule has 2 heterocycles. The lowest BCUT2D eigenvalue weighted by molar-refractivity contribution is -0.118. The Morgan fingerprint density at radius 3 is 2.85 bits per heavy atom. The molecule has 0 radical (unpaired) electrons. The Hall–Kier alpha value is -2.43. The van der Waals surface area contributed by atoms with E-state index in [0.717, 1.165) is 6.42 Å². The van der Waals surface area contributed by atoms with E-state index in [2.05, 4.69) is 15.3 Å². The van der Waals surface area contributed by atoms with Crippen molar-refractivity contribution in [3.8, 4) is 0 Å². The number of nitrogens with one attached hydrogen (secondary N) is 1. The number of amides is 2. The third kappa shape index (κ3) is 7.28. The molecule has 1 aromatic heterocycles.